The van der Waals surface area contributed by atoms with E-state index in [4.69, 9.17) is 16.3 Å². The molecule has 1 saturated carbocycles. The summed E-state index contributed by atoms with van der Waals surface area (Å²) < 4.78 is 36.7. The van der Waals surface area contributed by atoms with Crippen LogP contribution >= 0.6 is 11.6 Å². The molecule has 1 aromatic carbocycles. The molecule has 0 spiro atoms. The number of fused-ring (bicyclic) bond motifs is 3. The summed E-state index contributed by atoms with van der Waals surface area (Å²) in [4.78, 5) is 24.0. The van der Waals surface area contributed by atoms with E-state index in [2.05, 4.69) is 27.5 Å². The van der Waals surface area contributed by atoms with Crippen LogP contribution in [-0.4, -0.2) is 57.9 Å². The quantitative estimate of drug-likeness (QED) is 0.441. The Morgan fingerprint density at radius 3 is 2.82 bits per heavy atom. The summed E-state index contributed by atoms with van der Waals surface area (Å²) in [6.45, 7) is 2.71. The first-order valence-electron chi connectivity index (χ1n) is 12.8. The van der Waals surface area contributed by atoms with Crippen molar-refractivity contribution < 1.29 is 18.6 Å². The van der Waals surface area contributed by atoms with E-state index in [1.54, 1.807) is 25.2 Å². The maximum absolute atomic E-state index is 14.9. The van der Waals surface area contributed by atoms with Crippen molar-refractivity contribution in [2.24, 2.45) is 24.8 Å². The van der Waals surface area contributed by atoms with Gasteiger partial charge in [0, 0.05) is 43.7 Å². The van der Waals surface area contributed by atoms with E-state index >= 15 is 0 Å². The van der Waals surface area contributed by atoms with Crippen LogP contribution in [0.15, 0.2) is 29.2 Å². The normalized spacial score (nSPS) is 24.5. The van der Waals surface area contributed by atoms with Gasteiger partial charge in [0.05, 0.1) is 23.4 Å². The molecular formula is C26H29ClF2N6O3. The first kappa shape index (κ1) is 25.1. The Balaban J connectivity index is 1.37. The van der Waals surface area contributed by atoms with Crippen LogP contribution in [0, 0.1) is 17.8 Å². The number of hydrogen-bond acceptors (Lipinski definition) is 8. The molecule has 0 radical (unpaired) electrons. The number of anilines is 4. The van der Waals surface area contributed by atoms with E-state index in [1.165, 1.54) is 10.8 Å². The van der Waals surface area contributed by atoms with Gasteiger partial charge in [-0.1, -0.05) is 18.5 Å². The average molecular weight is 547 g/mol. The van der Waals surface area contributed by atoms with Crippen LogP contribution in [0.5, 0.6) is 5.75 Å². The minimum absolute atomic E-state index is 0.103. The molecule has 202 valence electrons. The fourth-order valence-corrected chi connectivity index (χ4v) is 5.59. The lowest BCUT2D eigenvalue weighted by atomic mass is 10.00. The molecule has 3 aliphatic rings. The third-order valence-corrected chi connectivity index (χ3v) is 8.17. The number of aromatic nitrogens is 3. The summed E-state index contributed by atoms with van der Waals surface area (Å²) in [5.41, 5.74) is 0.980. The Labute approximate surface area is 222 Å². The van der Waals surface area contributed by atoms with Gasteiger partial charge in [-0.2, -0.15) is 4.98 Å². The number of halogens is 3. The Hall–Kier alpha value is -3.18. The molecule has 2 fully saturated rings. The third-order valence-electron chi connectivity index (χ3n) is 7.89. The molecule has 4 heterocycles. The van der Waals surface area contributed by atoms with E-state index in [1.807, 2.05) is 4.90 Å². The summed E-state index contributed by atoms with van der Waals surface area (Å²) in [5, 5.41) is 16.7. The number of nitrogens with one attached hydrogen (secondary N) is 2. The van der Waals surface area contributed by atoms with Gasteiger partial charge >= 0.3 is 5.92 Å². The minimum Gasteiger partial charge on any atom is -0.480 e. The van der Waals surface area contributed by atoms with Crippen LogP contribution in [0.3, 0.4) is 0 Å². The van der Waals surface area contributed by atoms with Gasteiger partial charge in [-0.05, 0) is 42.9 Å². The molecule has 3 N–H and O–H groups in total. The monoisotopic (exact) mass is 546 g/mol. The van der Waals surface area contributed by atoms with Gasteiger partial charge in [0.25, 0.3) is 5.56 Å². The summed E-state index contributed by atoms with van der Waals surface area (Å²) >= 11 is 6.42. The van der Waals surface area contributed by atoms with Gasteiger partial charge in [0.1, 0.15) is 5.02 Å². The van der Waals surface area contributed by atoms with Crippen LogP contribution in [-0.2, 0) is 7.05 Å². The third kappa shape index (κ3) is 4.31. The van der Waals surface area contributed by atoms with Gasteiger partial charge in [-0.15, -0.1) is 0 Å². The molecule has 2 aromatic heterocycles. The van der Waals surface area contributed by atoms with Gasteiger partial charge < -0.3 is 29.9 Å². The smallest absolute Gasteiger partial charge is 0.301 e. The Morgan fingerprint density at radius 1 is 1.32 bits per heavy atom. The van der Waals surface area contributed by atoms with E-state index in [0.29, 0.717) is 58.7 Å². The number of nitrogens with zero attached hydrogens (tertiary/aromatic N) is 4. The van der Waals surface area contributed by atoms with Crippen molar-refractivity contribution in [3.63, 3.8) is 0 Å². The molecule has 2 aliphatic heterocycles. The average Bonchev–Trinajstić information content (AvgIpc) is 3.67. The second-order valence-corrected chi connectivity index (χ2v) is 11.0. The van der Waals surface area contributed by atoms with Crippen LogP contribution in [0.4, 0.5) is 31.9 Å². The van der Waals surface area contributed by atoms with E-state index in [-0.39, 0.29) is 29.9 Å². The highest BCUT2D eigenvalue weighted by molar-refractivity contribution is 6.32. The standard InChI is InChI=1S/C26H29ClF2N6O3/c1-13-9-35(10-15(13)11-36)25-30-8-18(27)23(33-25)31-16-5-6-19-17(7-16)20-21(24(37)34(19)2)38-12-26(28,29)22(32-20)14-3-4-14/h5-8,13-15,22,32,36H,3-4,9-12H2,1-2H3,(H,30,31,33)/t13-,15-,22?/m0/s1. The zero-order valence-corrected chi connectivity index (χ0v) is 21.8. The van der Waals surface area contributed by atoms with Crippen molar-refractivity contribution in [3.8, 4) is 5.75 Å². The molecule has 0 bridgehead atoms. The van der Waals surface area contributed by atoms with E-state index in [9.17, 15) is 18.7 Å². The summed E-state index contributed by atoms with van der Waals surface area (Å²) in [6.07, 6.45) is 2.95. The van der Waals surface area contributed by atoms with Crippen LogP contribution < -0.4 is 25.8 Å². The topological polar surface area (TPSA) is 105 Å². The molecule has 0 amide bonds. The van der Waals surface area contributed by atoms with E-state index < -0.39 is 24.1 Å². The number of benzene rings is 1. The van der Waals surface area contributed by atoms with Crippen LogP contribution in [0.2, 0.25) is 5.02 Å². The number of hydrogen-bond donors (Lipinski definition) is 3. The molecule has 1 unspecified atom stereocenters. The Morgan fingerprint density at radius 2 is 2.11 bits per heavy atom. The number of ether oxygens (including phenoxy) is 1. The number of aliphatic hydroxyl groups is 1. The van der Waals surface area contributed by atoms with Gasteiger partial charge in [0.15, 0.2) is 12.4 Å². The largest absolute Gasteiger partial charge is 0.480 e. The highest BCUT2D eigenvalue weighted by Crippen LogP contribution is 2.45. The second kappa shape index (κ2) is 9.23. The molecule has 9 nitrogen and oxygen atoms in total. The minimum atomic E-state index is -3.11. The molecule has 3 aromatic rings. The Bertz CT molecular complexity index is 1460. The first-order chi connectivity index (χ1) is 18.2. The molecule has 1 aliphatic carbocycles. The summed E-state index contributed by atoms with van der Waals surface area (Å²) in [5.74, 6) is -2.05. The van der Waals surface area contributed by atoms with Gasteiger partial charge in [-0.25, -0.2) is 13.8 Å². The van der Waals surface area contributed by atoms with Crippen molar-refractivity contribution in [1.29, 1.82) is 0 Å². The lowest BCUT2D eigenvalue weighted by Gasteiger charge is -2.25. The highest BCUT2D eigenvalue weighted by atomic mass is 35.5. The molecule has 38 heavy (non-hydrogen) atoms. The maximum atomic E-state index is 14.9. The fourth-order valence-electron chi connectivity index (χ4n) is 5.46. The molecule has 12 heteroatoms. The summed E-state index contributed by atoms with van der Waals surface area (Å²) in [7, 11) is 1.59. The van der Waals surface area contributed by atoms with Crippen LogP contribution in [0.1, 0.15) is 19.8 Å². The Kier molecular flexibility index (Phi) is 6.10. The second-order valence-electron chi connectivity index (χ2n) is 10.6. The lowest BCUT2D eigenvalue weighted by molar-refractivity contribution is -0.0579. The molecular weight excluding hydrogens is 518 g/mol. The zero-order valence-electron chi connectivity index (χ0n) is 21.0. The predicted molar refractivity (Wildman–Crippen MR) is 142 cm³/mol. The number of aryl methyl sites for hydroxylation is 1. The number of rotatable bonds is 5. The molecule has 1 saturated heterocycles. The first-order valence-corrected chi connectivity index (χ1v) is 13.1. The van der Waals surface area contributed by atoms with Crippen molar-refractivity contribution in [2.45, 2.75) is 31.7 Å². The van der Waals surface area contributed by atoms with Crippen molar-refractivity contribution >= 4 is 45.6 Å². The zero-order chi connectivity index (χ0) is 26.8. The van der Waals surface area contributed by atoms with Gasteiger partial charge in [0.2, 0.25) is 11.7 Å². The van der Waals surface area contributed by atoms with Crippen molar-refractivity contribution in [2.75, 3.05) is 41.8 Å². The van der Waals surface area contributed by atoms with Gasteiger partial charge in [-0.3, -0.25) is 4.79 Å². The number of alkyl halides is 2. The van der Waals surface area contributed by atoms with Crippen molar-refractivity contribution in [3.05, 3.63) is 39.8 Å². The van der Waals surface area contributed by atoms with Crippen molar-refractivity contribution in [1.82, 2.24) is 14.5 Å². The molecule has 3 atom stereocenters. The summed E-state index contributed by atoms with van der Waals surface area (Å²) in [6, 6.07) is 4.19. The highest BCUT2D eigenvalue weighted by Gasteiger charge is 2.51. The maximum Gasteiger partial charge on any atom is 0.301 e. The molecule has 6 rings (SSSR count). The van der Waals surface area contributed by atoms with E-state index in [0.717, 1.165) is 6.54 Å². The lowest BCUT2D eigenvalue weighted by Crippen LogP contribution is -2.44. The fraction of sp³-hybridized carbons (Fsp3) is 0.500. The number of aliphatic hydroxyl groups excluding tert-OH is 1. The predicted octanol–water partition coefficient (Wildman–Crippen LogP) is 4.01. The number of pyridine rings is 1. The SMILES string of the molecule is C[C@H]1CN(c2ncc(Cl)c(Nc3ccc4c(c3)c3c(c(=O)n4C)OCC(F)(F)C(C4CC4)N3)n2)C[C@H]1CO. The van der Waals surface area contributed by atoms with Crippen LogP contribution in [0.25, 0.3) is 10.9 Å².